The molecule has 28 heavy (non-hydrogen) atoms. The maximum absolute atomic E-state index is 14.0. The molecule has 1 heterocycles. The molecule has 6 nitrogen and oxygen atoms in total. The third-order valence-corrected chi connectivity index (χ3v) is 4.46. The SMILES string of the molecule is CCNC(=NCc1cc(C#N)ccc1F)NC1CC(=O)N(c2ccccc2)C1. The predicted octanol–water partition coefficient (Wildman–Crippen LogP) is 2.56. The molecule has 0 aromatic heterocycles. The number of carbonyl (C=O) groups is 1. The number of nitrogens with zero attached hydrogens (tertiary/aromatic N) is 3. The van der Waals surface area contributed by atoms with Crippen molar-refractivity contribution in [3.8, 4) is 6.07 Å². The highest BCUT2D eigenvalue weighted by atomic mass is 19.1. The molecule has 1 amide bonds. The third kappa shape index (κ3) is 4.65. The first kappa shape index (κ1) is 19.4. The van der Waals surface area contributed by atoms with Crippen molar-refractivity contribution in [2.45, 2.75) is 25.9 Å². The lowest BCUT2D eigenvalue weighted by Crippen LogP contribution is -2.44. The molecule has 1 saturated heterocycles. The van der Waals surface area contributed by atoms with Crippen molar-refractivity contribution in [3.63, 3.8) is 0 Å². The number of nitrogens with one attached hydrogen (secondary N) is 2. The number of amides is 1. The number of guanidine groups is 1. The Labute approximate surface area is 163 Å². The van der Waals surface area contributed by atoms with Gasteiger partial charge in [-0.1, -0.05) is 18.2 Å². The van der Waals surface area contributed by atoms with Gasteiger partial charge in [0.25, 0.3) is 0 Å². The number of halogens is 1. The summed E-state index contributed by atoms with van der Waals surface area (Å²) < 4.78 is 14.0. The van der Waals surface area contributed by atoms with Crippen LogP contribution in [-0.2, 0) is 11.3 Å². The van der Waals surface area contributed by atoms with E-state index in [-0.39, 0.29) is 18.5 Å². The van der Waals surface area contributed by atoms with E-state index in [4.69, 9.17) is 5.26 Å². The van der Waals surface area contributed by atoms with Crippen LogP contribution in [-0.4, -0.2) is 31.0 Å². The summed E-state index contributed by atoms with van der Waals surface area (Å²) >= 11 is 0. The number of hydrogen-bond donors (Lipinski definition) is 2. The number of nitriles is 1. The van der Waals surface area contributed by atoms with Gasteiger partial charge >= 0.3 is 0 Å². The molecule has 0 saturated carbocycles. The molecular formula is C21H22FN5O. The summed E-state index contributed by atoms with van der Waals surface area (Å²) in [5.41, 5.74) is 1.61. The van der Waals surface area contributed by atoms with Crippen molar-refractivity contribution in [1.29, 1.82) is 5.26 Å². The van der Waals surface area contributed by atoms with Crippen LogP contribution in [0.5, 0.6) is 0 Å². The normalized spacial score (nSPS) is 16.8. The molecule has 1 fully saturated rings. The first-order valence-electron chi connectivity index (χ1n) is 9.19. The maximum atomic E-state index is 14.0. The Morgan fingerprint density at radius 1 is 1.32 bits per heavy atom. The van der Waals surface area contributed by atoms with Crippen molar-refractivity contribution in [2.24, 2.45) is 4.99 Å². The topological polar surface area (TPSA) is 80.5 Å². The van der Waals surface area contributed by atoms with E-state index in [9.17, 15) is 9.18 Å². The van der Waals surface area contributed by atoms with Crippen molar-refractivity contribution >= 4 is 17.6 Å². The van der Waals surface area contributed by atoms with Crippen LogP contribution in [0.15, 0.2) is 53.5 Å². The van der Waals surface area contributed by atoms with Crippen LogP contribution in [0.1, 0.15) is 24.5 Å². The number of aliphatic imine (C=N–C) groups is 1. The molecule has 0 radical (unpaired) electrons. The van der Waals surface area contributed by atoms with Gasteiger partial charge in [0.1, 0.15) is 5.82 Å². The van der Waals surface area contributed by atoms with Gasteiger partial charge in [0.05, 0.1) is 24.2 Å². The number of hydrogen-bond acceptors (Lipinski definition) is 3. The largest absolute Gasteiger partial charge is 0.357 e. The summed E-state index contributed by atoms with van der Waals surface area (Å²) in [7, 11) is 0. The smallest absolute Gasteiger partial charge is 0.229 e. The molecule has 7 heteroatoms. The second-order valence-electron chi connectivity index (χ2n) is 6.50. The lowest BCUT2D eigenvalue weighted by Gasteiger charge is -2.19. The number of rotatable bonds is 5. The zero-order chi connectivity index (χ0) is 19.9. The molecule has 2 aromatic rings. The fourth-order valence-corrected chi connectivity index (χ4v) is 3.10. The first-order valence-corrected chi connectivity index (χ1v) is 9.19. The third-order valence-electron chi connectivity index (χ3n) is 4.46. The molecule has 1 aliphatic heterocycles. The van der Waals surface area contributed by atoms with E-state index >= 15 is 0 Å². The van der Waals surface area contributed by atoms with Crippen molar-refractivity contribution in [2.75, 3.05) is 18.0 Å². The van der Waals surface area contributed by atoms with Crippen molar-refractivity contribution in [3.05, 3.63) is 65.5 Å². The quantitative estimate of drug-likeness (QED) is 0.618. The van der Waals surface area contributed by atoms with E-state index < -0.39 is 5.82 Å². The van der Waals surface area contributed by atoms with Gasteiger partial charge in [0.2, 0.25) is 5.91 Å². The van der Waals surface area contributed by atoms with Gasteiger partial charge in [-0.2, -0.15) is 5.26 Å². The highest BCUT2D eigenvalue weighted by molar-refractivity contribution is 5.97. The molecule has 0 bridgehead atoms. The van der Waals surface area contributed by atoms with E-state index in [1.807, 2.05) is 43.3 Å². The summed E-state index contributed by atoms with van der Waals surface area (Å²) in [6, 6.07) is 15.6. The monoisotopic (exact) mass is 379 g/mol. The Hall–Kier alpha value is -3.40. The Kier molecular flexibility index (Phi) is 6.22. The summed E-state index contributed by atoms with van der Waals surface area (Å²) in [4.78, 5) is 18.5. The first-order chi connectivity index (χ1) is 13.6. The van der Waals surface area contributed by atoms with Crippen LogP contribution < -0.4 is 15.5 Å². The molecule has 1 aliphatic rings. The number of benzene rings is 2. The van der Waals surface area contributed by atoms with Crippen LogP contribution in [0.2, 0.25) is 0 Å². The zero-order valence-corrected chi connectivity index (χ0v) is 15.7. The van der Waals surface area contributed by atoms with Crippen molar-refractivity contribution < 1.29 is 9.18 Å². The highest BCUT2D eigenvalue weighted by Gasteiger charge is 2.31. The summed E-state index contributed by atoms with van der Waals surface area (Å²) in [6.07, 6.45) is 0.359. The predicted molar refractivity (Wildman–Crippen MR) is 106 cm³/mol. The van der Waals surface area contributed by atoms with Crippen LogP contribution in [0.25, 0.3) is 0 Å². The van der Waals surface area contributed by atoms with E-state index in [1.54, 1.807) is 4.90 Å². The second kappa shape index (κ2) is 9.00. The van der Waals surface area contributed by atoms with E-state index in [2.05, 4.69) is 15.6 Å². The molecule has 0 spiro atoms. The highest BCUT2D eigenvalue weighted by Crippen LogP contribution is 2.21. The Morgan fingerprint density at radius 2 is 2.11 bits per heavy atom. The lowest BCUT2D eigenvalue weighted by molar-refractivity contribution is -0.117. The van der Waals surface area contributed by atoms with Gasteiger partial charge < -0.3 is 15.5 Å². The molecule has 1 atom stereocenters. The minimum Gasteiger partial charge on any atom is -0.357 e. The molecular weight excluding hydrogens is 357 g/mol. The van der Waals surface area contributed by atoms with Gasteiger partial charge in [-0.25, -0.2) is 9.38 Å². The van der Waals surface area contributed by atoms with E-state index in [1.165, 1.54) is 18.2 Å². The average Bonchev–Trinajstić information content (AvgIpc) is 3.08. The zero-order valence-electron chi connectivity index (χ0n) is 15.7. The lowest BCUT2D eigenvalue weighted by atomic mass is 10.1. The molecule has 2 aromatic carbocycles. The molecule has 3 rings (SSSR count). The Morgan fingerprint density at radius 3 is 2.82 bits per heavy atom. The second-order valence-corrected chi connectivity index (χ2v) is 6.50. The molecule has 144 valence electrons. The summed E-state index contributed by atoms with van der Waals surface area (Å²) in [5, 5.41) is 15.4. The minimum absolute atomic E-state index is 0.0484. The fraction of sp³-hybridized carbons (Fsp3) is 0.286. The van der Waals surface area contributed by atoms with Crippen LogP contribution in [0.3, 0.4) is 0 Å². The number of carbonyl (C=O) groups excluding carboxylic acids is 1. The van der Waals surface area contributed by atoms with Crippen LogP contribution in [0.4, 0.5) is 10.1 Å². The van der Waals surface area contributed by atoms with Gasteiger partial charge in [-0.3, -0.25) is 4.79 Å². The van der Waals surface area contributed by atoms with E-state index in [0.717, 1.165) is 5.69 Å². The number of para-hydroxylation sites is 1. The standard InChI is InChI=1S/C21H22FN5O/c1-2-24-21(25-13-16-10-15(12-23)8-9-19(16)22)26-17-11-20(28)27(14-17)18-6-4-3-5-7-18/h3-10,17H,2,11,13-14H2,1H3,(H2,24,25,26). The Bertz CT molecular complexity index is 907. The van der Waals surface area contributed by atoms with Crippen LogP contribution in [0, 0.1) is 17.1 Å². The van der Waals surface area contributed by atoms with Gasteiger partial charge in [0, 0.05) is 30.8 Å². The summed E-state index contributed by atoms with van der Waals surface area (Å²) in [6.45, 7) is 3.20. The molecule has 2 N–H and O–H groups in total. The van der Waals surface area contributed by atoms with Gasteiger partial charge in [-0.15, -0.1) is 0 Å². The van der Waals surface area contributed by atoms with Crippen molar-refractivity contribution in [1.82, 2.24) is 10.6 Å². The number of anilines is 1. The summed E-state index contributed by atoms with van der Waals surface area (Å²) in [5.74, 6) is 0.161. The van der Waals surface area contributed by atoms with Gasteiger partial charge in [0.15, 0.2) is 5.96 Å². The maximum Gasteiger partial charge on any atom is 0.229 e. The molecule has 0 aliphatic carbocycles. The fourth-order valence-electron chi connectivity index (χ4n) is 3.10. The van der Waals surface area contributed by atoms with Crippen LogP contribution >= 0.6 is 0 Å². The average molecular weight is 379 g/mol. The molecule has 1 unspecified atom stereocenters. The Balaban J connectivity index is 1.69. The van der Waals surface area contributed by atoms with E-state index in [0.29, 0.717) is 36.6 Å². The van der Waals surface area contributed by atoms with Gasteiger partial charge in [-0.05, 0) is 37.3 Å². The minimum atomic E-state index is -0.398.